The zero-order valence-corrected chi connectivity index (χ0v) is 18.7. The molecule has 8 heteroatoms. The molecule has 0 spiro atoms. The lowest BCUT2D eigenvalue weighted by Gasteiger charge is -2.11. The van der Waals surface area contributed by atoms with Gasteiger partial charge >= 0.3 is 0 Å². The Balaban J connectivity index is 1.30. The van der Waals surface area contributed by atoms with E-state index < -0.39 is 0 Å². The monoisotopic (exact) mass is 438 g/mol. The number of Topliss-reactive ketones (excluding diaryl/α,β-unsaturated/α-hetero) is 1. The van der Waals surface area contributed by atoms with Crippen molar-refractivity contribution in [3.8, 4) is 11.5 Å². The van der Waals surface area contributed by atoms with Crippen molar-refractivity contribution in [3.63, 3.8) is 0 Å². The van der Waals surface area contributed by atoms with Gasteiger partial charge in [-0.2, -0.15) is 0 Å². The highest BCUT2D eigenvalue weighted by Gasteiger charge is 2.20. The molecule has 5 rings (SSSR count). The minimum Gasteiger partial charge on any atom is -0.454 e. The van der Waals surface area contributed by atoms with Crippen LogP contribution < -0.4 is 9.47 Å². The van der Waals surface area contributed by atoms with E-state index in [1.54, 1.807) is 0 Å². The number of aryl methyl sites for hydroxylation is 2. The highest BCUT2D eigenvalue weighted by atomic mass is 32.2. The molecule has 162 valence electrons. The molecule has 0 bridgehead atoms. The van der Waals surface area contributed by atoms with E-state index in [4.69, 9.17) is 9.47 Å². The molecule has 0 N–H and O–H groups in total. The Labute approximate surface area is 185 Å². The molecule has 2 aliphatic rings. The SMILES string of the molecule is Cc1cc(C(=O)CSc2nnc3n2CCCCC3)c(C)n1Cc1ccc2c(c1)OCO2. The van der Waals surface area contributed by atoms with Gasteiger partial charge in [-0.15, -0.1) is 10.2 Å². The maximum Gasteiger partial charge on any atom is 0.231 e. The molecular formula is C23H26N4O3S. The van der Waals surface area contributed by atoms with Crippen molar-refractivity contribution in [1.82, 2.24) is 19.3 Å². The standard InChI is InChI=1S/C23H26N4O3S/c1-15-10-18(16(2)27(15)12-17-7-8-20-21(11-17)30-14-29-20)19(28)13-31-23-25-24-22-6-4-3-5-9-26(22)23/h7-8,10-11H,3-6,9,12-14H2,1-2H3. The summed E-state index contributed by atoms with van der Waals surface area (Å²) in [6.45, 7) is 5.96. The third kappa shape index (κ3) is 3.96. The van der Waals surface area contributed by atoms with Gasteiger partial charge in [0.2, 0.25) is 6.79 Å². The number of rotatable bonds is 6. The molecule has 0 fully saturated rings. The van der Waals surface area contributed by atoms with Crippen molar-refractivity contribution in [2.75, 3.05) is 12.5 Å². The van der Waals surface area contributed by atoms with E-state index in [1.165, 1.54) is 18.2 Å². The molecule has 0 saturated heterocycles. The van der Waals surface area contributed by atoms with Gasteiger partial charge in [0.25, 0.3) is 0 Å². The predicted octanol–water partition coefficient (Wildman–Crippen LogP) is 4.17. The fourth-order valence-electron chi connectivity index (χ4n) is 4.32. The molecule has 2 aliphatic heterocycles. The lowest BCUT2D eigenvalue weighted by molar-refractivity contribution is 0.102. The fraction of sp³-hybridized carbons (Fsp3) is 0.435. The Hall–Kier alpha value is -2.74. The summed E-state index contributed by atoms with van der Waals surface area (Å²) in [6, 6.07) is 7.99. The Morgan fingerprint density at radius 1 is 1.10 bits per heavy atom. The topological polar surface area (TPSA) is 71.2 Å². The Kier molecular flexibility index (Phi) is 5.48. The Bertz CT molecular complexity index is 1130. The van der Waals surface area contributed by atoms with Gasteiger partial charge in [0.15, 0.2) is 22.4 Å². The van der Waals surface area contributed by atoms with Crippen LogP contribution in [-0.2, 0) is 19.5 Å². The largest absolute Gasteiger partial charge is 0.454 e. The lowest BCUT2D eigenvalue weighted by Crippen LogP contribution is -2.09. The van der Waals surface area contributed by atoms with Crippen molar-refractivity contribution in [1.29, 1.82) is 0 Å². The summed E-state index contributed by atoms with van der Waals surface area (Å²) >= 11 is 1.50. The molecular weight excluding hydrogens is 412 g/mol. The molecule has 0 unspecified atom stereocenters. The van der Waals surface area contributed by atoms with E-state index in [2.05, 4.69) is 19.3 Å². The van der Waals surface area contributed by atoms with E-state index in [0.717, 1.165) is 70.8 Å². The molecule has 0 radical (unpaired) electrons. The van der Waals surface area contributed by atoms with Crippen molar-refractivity contribution < 1.29 is 14.3 Å². The van der Waals surface area contributed by atoms with Gasteiger partial charge in [0.05, 0.1) is 5.75 Å². The van der Waals surface area contributed by atoms with Gasteiger partial charge in [0, 0.05) is 36.5 Å². The van der Waals surface area contributed by atoms with E-state index in [1.807, 2.05) is 38.1 Å². The predicted molar refractivity (Wildman–Crippen MR) is 118 cm³/mol. The highest BCUT2D eigenvalue weighted by Crippen LogP contribution is 2.33. The maximum atomic E-state index is 13.0. The number of carbonyl (C=O) groups is 1. The molecule has 0 atom stereocenters. The molecule has 0 aliphatic carbocycles. The summed E-state index contributed by atoms with van der Waals surface area (Å²) in [4.78, 5) is 13.0. The molecule has 0 saturated carbocycles. The first-order valence-corrected chi connectivity index (χ1v) is 11.7. The second-order valence-electron chi connectivity index (χ2n) is 8.13. The van der Waals surface area contributed by atoms with E-state index in [9.17, 15) is 4.79 Å². The number of benzene rings is 1. The van der Waals surface area contributed by atoms with Crippen LogP contribution in [0.15, 0.2) is 29.4 Å². The number of fused-ring (bicyclic) bond motifs is 2. The van der Waals surface area contributed by atoms with Gasteiger partial charge in [-0.3, -0.25) is 4.79 Å². The number of ether oxygens (including phenoxy) is 2. The second-order valence-corrected chi connectivity index (χ2v) is 9.07. The summed E-state index contributed by atoms with van der Waals surface area (Å²) in [5.74, 6) is 3.10. The van der Waals surface area contributed by atoms with Crippen LogP contribution in [0, 0.1) is 13.8 Å². The number of hydrogen-bond donors (Lipinski definition) is 0. The van der Waals surface area contributed by atoms with E-state index >= 15 is 0 Å². The van der Waals surface area contributed by atoms with Gasteiger partial charge in [-0.1, -0.05) is 24.2 Å². The van der Waals surface area contributed by atoms with Crippen LogP contribution in [0.4, 0.5) is 0 Å². The Morgan fingerprint density at radius 2 is 1.97 bits per heavy atom. The maximum absolute atomic E-state index is 13.0. The van der Waals surface area contributed by atoms with Crippen LogP contribution in [0.25, 0.3) is 0 Å². The van der Waals surface area contributed by atoms with Crippen LogP contribution in [0.1, 0.15) is 52.4 Å². The fourth-order valence-corrected chi connectivity index (χ4v) is 5.19. The molecule has 2 aromatic heterocycles. The average Bonchev–Trinajstić information content (AvgIpc) is 3.41. The number of nitrogens with zero attached hydrogens (tertiary/aromatic N) is 4. The van der Waals surface area contributed by atoms with Crippen LogP contribution >= 0.6 is 11.8 Å². The second kappa shape index (κ2) is 8.42. The zero-order valence-electron chi connectivity index (χ0n) is 17.9. The van der Waals surface area contributed by atoms with Gasteiger partial charge in [0.1, 0.15) is 5.82 Å². The summed E-state index contributed by atoms with van der Waals surface area (Å²) in [6.07, 6.45) is 4.51. The molecule has 3 aromatic rings. The number of carbonyl (C=O) groups excluding carboxylic acids is 1. The zero-order chi connectivity index (χ0) is 21.4. The van der Waals surface area contributed by atoms with Gasteiger partial charge in [-0.05, 0) is 50.5 Å². The molecule has 4 heterocycles. The third-order valence-corrected chi connectivity index (χ3v) is 7.03. The average molecular weight is 439 g/mol. The Morgan fingerprint density at radius 3 is 2.87 bits per heavy atom. The number of thioether (sulfide) groups is 1. The minimum absolute atomic E-state index is 0.126. The number of ketones is 1. The summed E-state index contributed by atoms with van der Waals surface area (Å²) in [7, 11) is 0. The van der Waals surface area contributed by atoms with E-state index in [-0.39, 0.29) is 12.6 Å². The summed E-state index contributed by atoms with van der Waals surface area (Å²) in [5, 5.41) is 9.52. The van der Waals surface area contributed by atoms with Crippen molar-refractivity contribution >= 4 is 17.5 Å². The number of aromatic nitrogens is 4. The smallest absolute Gasteiger partial charge is 0.231 e. The van der Waals surface area contributed by atoms with Crippen molar-refractivity contribution in [2.45, 2.75) is 57.8 Å². The molecule has 31 heavy (non-hydrogen) atoms. The lowest BCUT2D eigenvalue weighted by atomic mass is 10.1. The molecule has 7 nitrogen and oxygen atoms in total. The number of hydrogen-bond acceptors (Lipinski definition) is 6. The van der Waals surface area contributed by atoms with Crippen LogP contribution in [0.2, 0.25) is 0 Å². The summed E-state index contributed by atoms with van der Waals surface area (Å²) in [5.41, 5.74) is 3.95. The highest BCUT2D eigenvalue weighted by molar-refractivity contribution is 7.99. The molecule has 1 aromatic carbocycles. The van der Waals surface area contributed by atoms with Crippen molar-refractivity contribution in [2.24, 2.45) is 0 Å². The van der Waals surface area contributed by atoms with Crippen LogP contribution in [0.3, 0.4) is 0 Å². The van der Waals surface area contributed by atoms with E-state index in [0.29, 0.717) is 12.3 Å². The molecule has 0 amide bonds. The first kappa shape index (κ1) is 20.2. The van der Waals surface area contributed by atoms with Crippen LogP contribution in [-0.4, -0.2) is 37.7 Å². The van der Waals surface area contributed by atoms with Gasteiger partial charge < -0.3 is 18.6 Å². The summed E-state index contributed by atoms with van der Waals surface area (Å²) < 4.78 is 15.3. The van der Waals surface area contributed by atoms with Crippen molar-refractivity contribution in [3.05, 3.63) is 52.6 Å². The normalized spacial score (nSPS) is 15.0. The quantitative estimate of drug-likeness (QED) is 0.425. The third-order valence-electron chi connectivity index (χ3n) is 6.06. The first-order valence-electron chi connectivity index (χ1n) is 10.7. The van der Waals surface area contributed by atoms with Crippen LogP contribution in [0.5, 0.6) is 11.5 Å². The first-order chi connectivity index (χ1) is 15.1. The van der Waals surface area contributed by atoms with Gasteiger partial charge in [-0.25, -0.2) is 0 Å². The minimum atomic E-state index is 0.126.